The van der Waals surface area contributed by atoms with Crippen LogP contribution in [-0.2, 0) is 4.79 Å². The number of carbonyl (C=O) groups excluding carboxylic acids is 1. The fraction of sp³-hybridized carbons (Fsp3) is 0.353. The molecule has 28 heavy (non-hydrogen) atoms. The van der Waals surface area contributed by atoms with Gasteiger partial charge in [-0.05, 0) is 19.3 Å². The van der Waals surface area contributed by atoms with E-state index in [1.807, 2.05) is 0 Å². The SMILES string of the molecule is COc1c(F)cc(-n2nnc3cnc(N[C@@H]4CC[C@@H](C(N)=O)C4)nc32)cc1F. The summed E-state index contributed by atoms with van der Waals surface area (Å²) < 4.78 is 34.0. The molecule has 0 aliphatic heterocycles. The summed E-state index contributed by atoms with van der Waals surface area (Å²) in [6, 6.07) is 2.18. The van der Waals surface area contributed by atoms with Crippen LogP contribution in [0.2, 0.25) is 0 Å². The van der Waals surface area contributed by atoms with E-state index in [2.05, 4.69) is 25.6 Å². The first kappa shape index (κ1) is 18.0. The molecule has 4 rings (SSSR count). The predicted octanol–water partition coefficient (Wildman–Crippen LogP) is 1.56. The van der Waals surface area contributed by atoms with Crippen molar-refractivity contribution in [2.75, 3.05) is 12.4 Å². The van der Waals surface area contributed by atoms with Gasteiger partial charge in [0.2, 0.25) is 11.9 Å². The maximum atomic E-state index is 14.0. The molecule has 0 spiro atoms. The number of primary amides is 1. The Morgan fingerprint density at radius 2 is 2.07 bits per heavy atom. The summed E-state index contributed by atoms with van der Waals surface area (Å²) in [6.07, 6.45) is 3.54. The van der Waals surface area contributed by atoms with Crippen molar-refractivity contribution in [3.63, 3.8) is 0 Å². The van der Waals surface area contributed by atoms with Crippen molar-refractivity contribution in [1.82, 2.24) is 25.0 Å². The molecule has 0 bridgehead atoms. The van der Waals surface area contributed by atoms with Crippen molar-refractivity contribution in [1.29, 1.82) is 0 Å². The number of methoxy groups -OCH3 is 1. The normalized spacial score (nSPS) is 19.1. The highest BCUT2D eigenvalue weighted by molar-refractivity contribution is 5.77. The molecule has 2 heterocycles. The second kappa shape index (κ2) is 6.98. The van der Waals surface area contributed by atoms with Gasteiger partial charge in [0.1, 0.15) is 0 Å². The van der Waals surface area contributed by atoms with Gasteiger partial charge in [-0.15, -0.1) is 5.10 Å². The summed E-state index contributed by atoms with van der Waals surface area (Å²) in [7, 11) is 1.18. The molecule has 1 fully saturated rings. The average molecular weight is 389 g/mol. The van der Waals surface area contributed by atoms with E-state index >= 15 is 0 Å². The van der Waals surface area contributed by atoms with Crippen LogP contribution in [0.3, 0.4) is 0 Å². The maximum absolute atomic E-state index is 14.0. The predicted molar refractivity (Wildman–Crippen MR) is 94.9 cm³/mol. The first-order chi connectivity index (χ1) is 13.5. The van der Waals surface area contributed by atoms with E-state index < -0.39 is 17.4 Å². The van der Waals surface area contributed by atoms with Gasteiger partial charge in [-0.1, -0.05) is 5.21 Å². The lowest BCUT2D eigenvalue weighted by Crippen LogP contribution is -2.23. The van der Waals surface area contributed by atoms with Gasteiger partial charge in [-0.25, -0.2) is 13.8 Å². The molecule has 1 aliphatic carbocycles. The van der Waals surface area contributed by atoms with Crippen molar-refractivity contribution in [2.45, 2.75) is 25.3 Å². The Morgan fingerprint density at radius 1 is 1.32 bits per heavy atom. The van der Waals surface area contributed by atoms with Crippen molar-refractivity contribution < 1.29 is 18.3 Å². The molecule has 0 radical (unpaired) electrons. The summed E-state index contributed by atoms with van der Waals surface area (Å²) in [5.74, 6) is -2.38. The summed E-state index contributed by atoms with van der Waals surface area (Å²) in [6.45, 7) is 0. The molecule has 1 aromatic carbocycles. The van der Waals surface area contributed by atoms with Crippen LogP contribution in [0, 0.1) is 17.6 Å². The Labute approximate surface area is 157 Å². The molecule has 1 amide bonds. The van der Waals surface area contributed by atoms with Gasteiger partial charge in [-0.3, -0.25) is 4.79 Å². The summed E-state index contributed by atoms with van der Waals surface area (Å²) in [5, 5.41) is 11.0. The number of nitrogens with zero attached hydrogens (tertiary/aromatic N) is 5. The van der Waals surface area contributed by atoms with Gasteiger partial charge in [0, 0.05) is 24.1 Å². The van der Waals surface area contributed by atoms with Crippen LogP contribution in [0.5, 0.6) is 5.75 Å². The number of fused-ring (bicyclic) bond motifs is 1. The van der Waals surface area contributed by atoms with Crippen LogP contribution in [0.15, 0.2) is 18.3 Å². The number of benzene rings is 1. The highest BCUT2D eigenvalue weighted by Gasteiger charge is 2.29. The molecule has 9 nitrogen and oxygen atoms in total. The largest absolute Gasteiger partial charge is 0.491 e. The van der Waals surface area contributed by atoms with Crippen LogP contribution >= 0.6 is 0 Å². The topological polar surface area (TPSA) is 121 Å². The monoisotopic (exact) mass is 389 g/mol. The summed E-state index contributed by atoms with van der Waals surface area (Å²) in [4.78, 5) is 19.9. The number of hydrogen-bond acceptors (Lipinski definition) is 7. The van der Waals surface area contributed by atoms with Crippen LogP contribution < -0.4 is 15.8 Å². The van der Waals surface area contributed by atoms with Gasteiger partial charge in [0.05, 0.1) is 19.0 Å². The van der Waals surface area contributed by atoms with Gasteiger partial charge < -0.3 is 15.8 Å². The van der Waals surface area contributed by atoms with E-state index in [1.54, 1.807) is 0 Å². The molecule has 3 aromatic rings. The molecule has 11 heteroatoms. The van der Waals surface area contributed by atoms with Gasteiger partial charge in [0.25, 0.3) is 0 Å². The number of ether oxygens (including phenoxy) is 1. The number of nitrogens with two attached hydrogens (primary N) is 1. The Hall–Kier alpha value is -3.37. The highest BCUT2D eigenvalue weighted by Crippen LogP contribution is 2.28. The second-order valence-electron chi connectivity index (χ2n) is 6.60. The number of nitrogens with one attached hydrogen (secondary N) is 1. The third-order valence-electron chi connectivity index (χ3n) is 4.79. The lowest BCUT2D eigenvalue weighted by molar-refractivity contribution is -0.121. The molecule has 0 unspecified atom stereocenters. The van der Waals surface area contributed by atoms with E-state index in [0.717, 1.165) is 18.6 Å². The first-order valence-corrected chi connectivity index (χ1v) is 8.64. The van der Waals surface area contributed by atoms with E-state index in [9.17, 15) is 13.6 Å². The number of rotatable bonds is 5. The van der Waals surface area contributed by atoms with E-state index in [0.29, 0.717) is 24.3 Å². The number of halogens is 2. The molecule has 2 atom stereocenters. The average Bonchev–Trinajstić information content (AvgIpc) is 3.28. The summed E-state index contributed by atoms with van der Waals surface area (Å²) in [5.41, 5.74) is 6.11. The quantitative estimate of drug-likeness (QED) is 0.679. The Morgan fingerprint density at radius 3 is 2.71 bits per heavy atom. The van der Waals surface area contributed by atoms with Gasteiger partial charge in [0.15, 0.2) is 28.5 Å². The minimum Gasteiger partial charge on any atom is -0.491 e. The zero-order valence-corrected chi connectivity index (χ0v) is 14.9. The molecule has 0 saturated heterocycles. The minimum absolute atomic E-state index is 0.00940. The first-order valence-electron chi connectivity index (χ1n) is 8.64. The molecule has 3 N–H and O–H groups in total. The maximum Gasteiger partial charge on any atom is 0.225 e. The highest BCUT2D eigenvalue weighted by atomic mass is 19.1. The van der Waals surface area contributed by atoms with Crippen molar-refractivity contribution in [2.24, 2.45) is 11.7 Å². The van der Waals surface area contributed by atoms with Crippen LogP contribution in [0.25, 0.3) is 16.9 Å². The Balaban J connectivity index is 1.65. The fourth-order valence-corrected chi connectivity index (χ4v) is 3.39. The number of aromatic nitrogens is 5. The van der Waals surface area contributed by atoms with Crippen molar-refractivity contribution >= 4 is 23.0 Å². The molecule has 146 valence electrons. The molecule has 1 saturated carbocycles. The van der Waals surface area contributed by atoms with E-state index in [-0.39, 0.29) is 29.2 Å². The standard InChI is InChI=1S/C17H17F2N7O2/c1-28-14-11(18)5-10(6-12(14)19)26-16-13(24-25-26)7-21-17(23-16)22-9-3-2-8(4-9)15(20)27/h5-9H,2-4H2,1H3,(H2,20,27)(H,21,22,23)/t8-,9-/m1/s1. The lowest BCUT2D eigenvalue weighted by Gasteiger charge is -2.12. The molecular formula is C17H17F2N7O2. The number of carbonyl (C=O) groups is 1. The Kier molecular flexibility index (Phi) is 4.49. The van der Waals surface area contributed by atoms with Crippen LogP contribution in [-0.4, -0.2) is 44.0 Å². The van der Waals surface area contributed by atoms with E-state index in [1.165, 1.54) is 18.0 Å². The van der Waals surface area contributed by atoms with Crippen molar-refractivity contribution in [3.8, 4) is 11.4 Å². The molecule has 1 aliphatic rings. The van der Waals surface area contributed by atoms with Crippen molar-refractivity contribution in [3.05, 3.63) is 30.0 Å². The van der Waals surface area contributed by atoms with Gasteiger partial charge in [-0.2, -0.15) is 9.67 Å². The van der Waals surface area contributed by atoms with Gasteiger partial charge >= 0.3 is 0 Å². The third kappa shape index (κ3) is 3.19. The van der Waals surface area contributed by atoms with Crippen LogP contribution in [0.4, 0.5) is 14.7 Å². The number of anilines is 1. The zero-order chi connectivity index (χ0) is 19.8. The Bertz CT molecular complexity index is 1030. The second-order valence-corrected chi connectivity index (χ2v) is 6.60. The smallest absolute Gasteiger partial charge is 0.225 e. The molecular weight excluding hydrogens is 372 g/mol. The number of hydrogen-bond donors (Lipinski definition) is 2. The van der Waals surface area contributed by atoms with E-state index in [4.69, 9.17) is 10.5 Å². The molecule has 2 aromatic heterocycles. The zero-order valence-electron chi connectivity index (χ0n) is 14.9. The summed E-state index contributed by atoms with van der Waals surface area (Å²) >= 11 is 0. The minimum atomic E-state index is -0.864. The van der Waals surface area contributed by atoms with Crippen LogP contribution in [0.1, 0.15) is 19.3 Å². The fourth-order valence-electron chi connectivity index (χ4n) is 3.39. The lowest BCUT2D eigenvalue weighted by atomic mass is 10.1. The number of amides is 1. The third-order valence-corrected chi connectivity index (χ3v) is 4.79.